The molecule has 2 heterocycles. The number of carboxylic acid groups (broad SMARTS) is 1. The van der Waals surface area contributed by atoms with Crippen LogP contribution >= 0.6 is 34.6 Å². The maximum Gasteiger partial charge on any atom is 0.329 e. The van der Waals surface area contributed by atoms with Crippen molar-refractivity contribution in [3.05, 3.63) is 0 Å². The number of fused-ring (bicyclic) bond motifs is 1. The number of nitrogens with one attached hydrogen (secondary N) is 1. The summed E-state index contributed by atoms with van der Waals surface area (Å²) in [7, 11) is 0. The first-order chi connectivity index (χ1) is 9.91. The van der Waals surface area contributed by atoms with Gasteiger partial charge in [-0.05, 0) is 12.8 Å². The minimum Gasteiger partial charge on any atom is -0.481 e. The number of urea groups is 1. The van der Waals surface area contributed by atoms with Crippen LogP contribution in [0.5, 0.6) is 0 Å². The predicted octanol–water partition coefficient (Wildman–Crippen LogP) is 1.51. The Bertz CT molecular complexity index is 450. The highest BCUT2D eigenvalue weighted by Crippen LogP contribution is 2.42. The molecule has 118 valence electrons. The number of carbonyl (C=O) groups excluding carboxylic acids is 1. The third-order valence-electron chi connectivity index (χ3n) is 3.81. The van der Waals surface area contributed by atoms with Crippen molar-refractivity contribution in [1.29, 1.82) is 5.41 Å². The number of rotatable bonds is 7. The van der Waals surface area contributed by atoms with Crippen LogP contribution in [0, 0.1) is 5.41 Å². The number of amides is 2. The van der Waals surface area contributed by atoms with E-state index < -0.39 is 5.97 Å². The molecule has 2 fully saturated rings. The molecule has 0 aliphatic carbocycles. The zero-order chi connectivity index (χ0) is 15.6. The Balaban J connectivity index is 1.96. The first-order valence-electron chi connectivity index (χ1n) is 6.83. The molecule has 0 aromatic heterocycles. The third kappa shape index (κ3) is 3.74. The molecule has 2 rings (SSSR count). The minimum absolute atomic E-state index is 0.00433. The second kappa shape index (κ2) is 7.03. The molecule has 2 aliphatic heterocycles. The van der Waals surface area contributed by atoms with Crippen molar-refractivity contribution in [2.45, 2.75) is 43.0 Å². The molecule has 0 spiro atoms. The number of halogens is 1. The zero-order valence-electron chi connectivity index (χ0n) is 11.5. The van der Waals surface area contributed by atoms with E-state index in [1.54, 1.807) is 8.01 Å². The van der Waals surface area contributed by atoms with Gasteiger partial charge in [0.05, 0.1) is 41.5 Å². The molecule has 4 N–H and O–H groups in total. The fourth-order valence-electron chi connectivity index (χ4n) is 2.90. The van der Waals surface area contributed by atoms with E-state index in [4.69, 9.17) is 16.2 Å². The molecule has 0 bridgehead atoms. The summed E-state index contributed by atoms with van der Waals surface area (Å²) in [6.07, 6.45) is 2.60. The Morgan fingerprint density at radius 3 is 2.86 bits per heavy atom. The number of unbranched alkanes of at least 4 members (excludes halogenated alkanes) is 1. The normalized spacial score (nSPS) is 28.0. The topological polar surface area (TPSA) is 111 Å². The summed E-state index contributed by atoms with van der Waals surface area (Å²) in [5, 5.41) is 16.4. The van der Waals surface area contributed by atoms with Crippen LogP contribution in [-0.2, 0) is 4.79 Å². The second-order valence-corrected chi connectivity index (χ2v) is 7.63. The van der Waals surface area contributed by atoms with Crippen molar-refractivity contribution in [3.63, 3.8) is 0 Å². The van der Waals surface area contributed by atoms with E-state index in [0.29, 0.717) is 11.7 Å². The number of carbonyl (C=O) groups is 2. The van der Waals surface area contributed by atoms with E-state index in [-0.39, 0.29) is 36.9 Å². The average Bonchev–Trinajstić information content (AvgIpc) is 2.90. The number of carboxylic acids is 1. The maximum absolute atomic E-state index is 12.2. The number of nitrogens with zero attached hydrogens (tertiary/aromatic N) is 2. The largest absolute Gasteiger partial charge is 0.481 e. The lowest BCUT2D eigenvalue weighted by atomic mass is 10.0. The molecule has 0 aromatic carbocycles. The molecule has 0 radical (unpaired) electrons. The zero-order valence-corrected chi connectivity index (χ0v) is 14.5. The van der Waals surface area contributed by atoms with Crippen molar-refractivity contribution in [3.8, 4) is 0 Å². The maximum atomic E-state index is 12.2. The Morgan fingerprint density at radius 1 is 1.52 bits per heavy atom. The first-order valence-corrected chi connectivity index (χ1v) is 8.85. The van der Waals surface area contributed by atoms with Crippen molar-refractivity contribution in [1.82, 2.24) is 8.01 Å². The van der Waals surface area contributed by atoms with E-state index in [0.717, 1.165) is 18.6 Å². The van der Waals surface area contributed by atoms with Crippen molar-refractivity contribution < 1.29 is 14.7 Å². The van der Waals surface area contributed by atoms with E-state index in [2.05, 4.69) is 0 Å². The Hall–Kier alpha value is -0.710. The van der Waals surface area contributed by atoms with Gasteiger partial charge in [0.1, 0.15) is 5.84 Å². The van der Waals surface area contributed by atoms with Gasteiger partial charge in [0.25, 0.3) is 0 Å². The molecule has 2 saturated heterocycles. The SMILES string of the molecule is N=C(N)CN1C(=O)N(I)[C@@H]2CS[C@H](CCCCC(=O)O)[C@@H]21. The average molecular weight is 426 g/mol. The van der Waals surface area contributed by atoms with Gasteiger partial charge in [0.2, 0.25) is 0 Å². The number of aliphatic carboxylic acids is 1. The molecular formula is C12H19IN4O3S. The Morgan fingerprint density at radius 2 is 2.24 bits per heavy atom. The van der Waals surface area contributed by atoms with Gasteiger partial charge in [-0.3, -0.25) is 13.3 Å². The summed E-state index contributed by atoms with van der Waals surface area (Å²) in [6.45, 7) is 0.172. The van der Waals surface area contributed by atoms with E-state index in [9.17, 15) is 9.59 Å². The lowest BCUT2D eigenvalue weighted by molar-refractivity contribution is -0.137. The minimum atomic E-state index is -0.764. The second-order valence-electron chi connectivity index (χ2n) is 5.32. The van der Waals surface area contributed by atoms with E-state index in [1.807, 2.05) is 34.6 Å². The van der Waals surface area contributed by atoms with Crippen molar-refractivity contribution in [2.75, 3.05) is 12.3 Å². The van der Waals surface area contributed by atoms with Gasteiger partial charge in [-0.1, -0.05) is 6.42 Å². The van der Waals surface area contributed by atoms with Crippen LogP contribution in [-0.4, -0.2) is 60.6 Å². The number of hydrogen-bond donors (Lipinski definition) is 3. The number of amidine groups is 1. The molecular weight excluding hydrogens is 407 g/mol. The molecule has 2 amide bonds. The standard InChI is InChI=1S/C12H19IN4O3S/c13-17-7-6-21-8(3-1-2-4-10(18)19)11(7)16(12(17)20)5-9(14)15/h7-8,11H,1-6H2,(H3,14,15)(H,18,19)/t7-,8-,11-/m1/s1. The van der Waals surface area contributed by atoms with E-state index >= 15 is 0 Å². The van der Waals surface area contributed by atoms with Crippen LogP contribution in [0.1, 0.15) is 25.7 Å². The molecule has 0 unspecified atom stereocenters. The lowest BCUT2D eigenvalue weighted by Crippen LogP contribution is -2.44. The molecule has 9 heteroatoms. The molecule has 0 saturated carbocycles. The van der Waals surface area contributed by atoms with Crippen LogP contribution in [0.25, 0.3) is 0 Å². The summed E-state index contributed by atoms with van der Waals surface area (Å²) >= 11 is 3.87. The van der Waals surface area contributed by atoms with Gasteiger partial charge in [0, 0.05) is 17.4 Å². The van der Waals surface area contributed by atoms with Gasteiger partial charge < -0.3 is 15.7 Å². The summed E-state index contributed by atoms with van der Waals surface area (Å²) in [5.74, 6) is 0.118. The summed E-state index contributed by atoms with van der Waals surface area (Å²) < 4.78 is 1.72. The van der Waals surface area contributed by atoms with Gasteiger partial charge >= 0.3 is 12.0 Å². The van der Waals surface area contributed by atoms with Gasteiger partial charge in [-0.25, -0.2) is 4.79 Å². The number of hydrogen-bond acceptors (Lipinski definition) is 4. The van der Waals surface area contributed by atoms with Crippen LogP contribution < -0.4 is 5.73 Å². The first kappa shape index (κ1) is 16.7. The van der Waals surface area contributed by atoms with E-state index in [1.165, 1.54) is 0 Å². The predicted molar refractivity (Wildman–Crippen MR) is 89.8 cm³/mol. The summed E-state index contributed by atoms with van der Waals surface area (Å²) in [4.78, 5) is 24.5. The van der Waals surface area contributed by atoms with Crippen LogP contribution in [0.15, 0.2) is 0 Å². The van der Waals surface area contributed by atoms with Gasteiger partial charge in [-0.2, -0.15) is 11.8 Å². The third-order valence-corrected chi connectivity index (χ3v) is 6.41. The highest BCUT2D eigenvalue weighted by atomic mass is 127. The van der Waals surface area contributed by atoms with Gasteiger partial charge in [-0.15, -0.1) is 0 Å². The lowest BCUT2D eigenvalue weighted by Gasteiger charge is -2.26. The Kier molecular flexibility index (Phi) is 5.58. The van der Waals surface area contributed by atoms with Gasteiger partial charge in [0.15, 0.2) is 0 Å². The smallest absolute Gasteiger partial charge is 0.329 e. The van der Waals surface area contributed by atoms with Crippen LogP contribution in [0.2, 0.25) is 0 Å². The fourth-order valence-corrected chi connectivity index (χ4v) is 5.62. The molecule has 2 aliphatic rings. The number of thioether (sulfide) groups is 1. The molecule has 7 nitrogen and oxygen atoms in total. The van der Waals surface area contributed by atoms with Crippen molar-refractivity contribution >= 4 is 52.5 Å². The number of nitrogens with two attached hydrogens (primary N) is 1. The van der Waals surface area contributed by atoms with Crippen LogP contribution in [0.4, 0.5) is 4.79 Å². The van der Waals surface area contributed by atoms with Crippen molar-refractivity contribution in [2.24, 2.45) is 5.73 Å². The quantitative estimate of drug-likeness (QED) is 0.143. The molecule has 21 heavy (non-hydrogen) atoms. The highest BCUT2D eigenvalue weighted by Gasteiger charge is 2.52. The fraction of sp³-hybridized carbons (Fsp3) is 0.750. The van der Waals surface area contributed by atoms with Crippen LogP contribution in [0.3, 0.4) is 0 Å². The monoisotopic (exact) mass is 426 g/mol. The summed E-state index contributed by atoms with van der Waals surface area (Å²) in [5.41, 5.74) is 5.46. The highest BCUT2D eigenvalue weighted by molar-refractivity contribution is 14.1. The summed E-state index contributed by atoms with van der Waals surface area (Å²) in [6, 6.07) is 0.164. The Labute approximate surface area is 141 Å². The molecule has 3 atom stereocenters. The molecule has 0 aromatic rings.